The SMILES string of the molecule is CCn1nnc2c(=O)n(Cc3ccccc3F)cnc21. The Morgan fingerprint density at radius 2 is 2.10 bits per heavy atom. The van der Waals surface area contributed by atoms with Crippen molar-refractivity contribution in [2.45, 2.75) is 20.0 Å². The van der Waals surface area contributed by atoms with Gasteiger partial charge in [-0.3, -0.25) is 9.36 Å². The minimum absolute atomic E-state index is 0.118. The van der Waals surface area contributed by atoms with Crippen molar-refractivity contribution in [3.63, 3.8) is 0 Å². The van der Waals surface area contributed by atoms with Gasteiger partial charge in [-0.1, -0.05) is 23.4 Å². The van der Waals surface area contributed by atoms with Crippen LogP contribution >= 0.6 is 0 Å². The second kappa shape index (κ2) is 4.84. The number of halogens is 1. The van der Waals surface area contributed by atoms with Crippen molar-refractivity contribution >= 4 is 11.2 Å². The first-order valence-corrected chi connectivity index (χ1v) is 6.22. The summed E-state index contributed by atoms with van der Waals surface area (Å²) in [7, 11) is 0. The number of fused-ring (bicyclic) bond motifs is 1. The van der Waals surface area contributed by atoms with E-state index in [1.54, 1.807) is 22.9 Å². The molecule has 0 unspecified atom stereocenters. The maximum absolute atomic E-state index is 13.6. The summed E-state index contributed by atoms with van der Waals surface area (Å²) in [5.74, 6) is -0.350. The Balaban J connectivity index is 2.07. The number of nitrogens with zero attached hydrogens (tertiary/aromatic N) is 5. The first kappa shape index (κ1) is 12.5. The predicted molar refractivity (Wildman–Crippen MR) is 70.8 cm³/mol. The van der Waals surface area contributed by atoms with Gasteiger partial charge >= 0.3 is 0 Å². The molecular weight excluding hydrogens is 261 g/mol. The first-order chi connectivity index (χ1) is 9.70. The summed E-state index contributed by atoms with van der Waals surface area (Å²) in [4.78, 5) is 16.4. The fraction of sp³-hybridized carbons (Fsp3) is 0.231. The molecule has 3 aromatic rings. The highest BCUT2D eigenvalue weighted by atomic mass is 19.1. The van der Waals surface area contributed by atoms with E-state index in [2.05, 4.69) is 15.3 Å². The zero-order chi connectivity index (χ0) is 14.1. The van der Waals surface area contributed by atoms with Gasteiger partial charge in [0.25, 0.3) is 5.56 Å². The quantitative estimate of drug-likeness (QED) is 0.719. The maximum atomic E-state index is 13.6. The Hall–Kier alpha value is -2.57. The molecule has 0 N–H and O–H groups in total. The molecule has 3 rings (SSSR count). The van der Waals surface area contributed by atoms with E-state index in [0.29, 0.717) is 17.8 Å². The average molecular weight is 273 g/mol. The van der Waals surface area contributed by atoms with Crippen molar-refractivity contribution in [3.8, 4) is 0 Å². The minimum atomic E-state index is -0.350. The average Bonchev–Trinajstić information content (AvgIpc) is 2.88. The second-order valence-electron chi connectivity index (χ2n) is 4.35. The number of hydrogen-bond donors (Lipinski definition) is 0. The third kappa shape index (κ3) is 1.97. The van der Waals surface area contributed by atoms with Crippen LogP contribution in [-0.2, 0) is 13.1 Å². The Labute approximate surface area is 113 Å². The predicted octanol–water partition coefficient (Wildman–Crippen LogP) is 1.20. The van der Waals surface area contributed by atoms with E-state index in [9.17, 15) is 9.18 Å². The largest absolute Gasteiger partial charge is 0.293 e. The number of hydrogen-bond acceptors (Lipinski definition) is 4. The fourth-order valence-electron chi connectivity index (χ4n) is 2.02. The molecule has 0 aliphatic heterocycles. The summed E-state index contributed by atoms with van der Waals surface area (Å²) >= 11 is 0. The van der Waals surface area contributed by atoms with Crippen molar-refractivity contribution in [2.24, 2.45) is 0 Å². The van der Waals surface area contributed by atoms with E-state index < -0.39 is 0 Å². The monoisotopic (exact) mass is 273 g/mol. The van der Waals surface area contributed by atoms with Crippen LogP contribution in [0.15, 0.2) is 35.4 Å². The fourth-order valence-corrected chi connectivity index (χ4v) is 2.02. The van der Waals surface area contributed by atoms with E-state index in [0.717, 1.165) is 0 Å². The van der Waals surface area contributed by atoms with Crippen LogP contribution in [0.4, 0.5) is 4.39 Å². The molecular formula is C13H12FN5O. The second-order valence-corrected chi connectivity index (χ2v) is 4.35. The van der Waals surface area contributed by atoms with E-state index in [1.807, 2.05) is 6.92 Å². The van der Waals surface area contributed by atoms with Crippen LogP contribution < -0.4 is 5.56 Å². The van der Waals surface area contributed by atoms with Gasteiger partial charge in [-0.2, -0.15) is 0 Å². The summed E-state index contributed by atoms with van der Waals surface area (Å²) in [5, 5.41) is 7.69. The standard InChI is InChI=1S/C13H12FN5O/c1-2-19-12-11(16-17-19)13(20)18(8-15-12)7-9-5-3-4-6-10(9)14/h3-6,8H,2,7H2,1H3. The van der Waals surface area contributed by atoms with Crippen LogP contribution in [0.5, 0.6) is 0 Å². The number of rotatable bonds is 3. The van der Waals surface area contributed by atoms with Crippen LogP contribution in [-0.4, -0.2) is 24.5 Å². The van der Waals surface area contributed by atoms with Crippen LogP contribution in [0.3, 0.4) is 0 Å². The van der Waals surface area contributed by atoms with Gasteiger partial charge in [0.1, 0.15) is 12.1 Å². The lowest BCUT2D eigenvalue weighted by molar-refractivity contribution is 0.595. The van der Waals surface area contributed by atoms with Crippen LogP contribution in [0.25, 0.3) is 11.2 Å². The van der Waals surface area contributed by atoms with E-state index in [4.69, 9.17) is 0 Å². The number of aryl methyl sites for hydroxylation is 1. The number of benzene rings is 1. The zero-order valence-electron chi connectivity index (χ0n) is 10.8. The third-order valence-corrected chi connectivity index (χ3v) is 3.09. The lowest BCUT2D eigenvalue weighted by Crippen LogP contribution is -2.22. The maximum Gasteiger partial charge on any atom is 0.283 e. The van der Waals surface area contributed by atoms with Crippen molar-refractivity contribution < 1.29 is 4.39 Å². The summed E-state index contributed by atoms with van der Waals surface area (Å²) < 4.78 is 16.5. The molecule has 2 heterocycles. The van der Waals surface area contributed by atoms with Crippen molar-refractivity contribution in [1.82, 2.24) is 24.5 Å². The highest BCUT2D eigenvalue weighted by molar-refractivity contribution is 5.67. The van der Waals surface area contributed by atoms with Gasteiger partial charge in [0.05, 0.1) is 6.54 Å². The molecule has 1 aromatic carbocycles. The summed E-state index contributed by atoms with van der Waals surface area (Å²) in [5.41, 5.74) is 0.754. The lowest BCUT2D eigenvalue weighted by atomic mass is 10.2. The molecule has 2 aromatic heterocycles. The highest BCUT2D eigenvalue weighted by Crippen LogP contribution is 2.08. The smallest absolute Gasteiger partial charge is 0.283 e. The molecule has 6 nitrogen and oxygen atoms in total. The van der Waals surface area contributed by atoms with Crippen molar-refractivity contribution in [3.05, 3.63) is 52.3 Å². The molecule has 0 fully saturated rings. The van der Waals surface area contributed by atoms with Crippen LogP contribution in [0.1, 0.15) is 12.5 Å². The topological polar surface area (TPSA) is 65.6 Å². The zero-order valence-corrected chi connectivity index (χ0v) is 10.8. The molecule has 0 radical (unpaired) electrons. The Kier molecular flexibility index (Phi) is 3.02. The van der Waals surface area contributed by atoms with Gasteiger partial charge in [-0.05, 0) is 13.0 Å². The van der Waals surface area contributed by atoms with Gasteiger partial charge in [-0.15, -0.1) is 5.10 Å². The minimum Gasteiger partial charge on any atom is -0.293 e. The molecule has 7 heteroatoms. The number of aromatic nitrogens is 5. The van der Waals surface area contributed by atoms with E-state index >= 15 is 0 Å². The molecule has 0 spiro atoms. The normalized spacial score (nSPS) is 11.1. The van der Waals surface area contributed by atoms with E-state index in [1.165, 1.54) is 17.0 Å². The van der Waals surface area contributed by atoms with Crippen molar-refractivity contribution in [2.75, 3.05) is 0 Å². The third-order valence-electron chi connectivity index (χ3n) is 3.09. The Bertz CT molecular complexity index is 823. The molecule has 0 saturated heterocycles. The molecule has 102 valence electrons. The first-order valence-electron chi connectivity index (χ1n) is 6.22. The van der Waals surface area contributed by atoms with Crippen molar-refractivity contribution in [1.29, 1.82) is 0 Å². The van der Waals surface area contributed by atoms with Gasteiger partial charge in [-0.25, -0.2) is 14.1 Å². The Morgan fingerprint density at radius 1 is 1.30 bits per heavy atom. The highest BCUT2D eigenvalue weighted by Gasteiger charge is 2.12. The molecule has 20 heavy (non-hydrogen) atoms. The molecule has 0 amide bonds. The lowest BCUT2D eigenvalue weighted by Gasteiger charge is -2.06. The summed E-state index contributed by atoms with van der Waals surface area (Å²) in [6.07, 6.45) is 1.40. The van der Waals surface area contributed by atoms with Gasteiger partial charge in [0.2, 0.25) is 0 Å². The van der Waals surface area contributed by atoms with E-state index in [-0.39, 0.29) is 23.4 Å². The van der Waals surface area contributed by atoms with Crippen LogP contribution in [0.2, 0.25) is 0 Å². The van der Waals surface area contributed by atoms with Gasteiger partial charge < -0.3 is 0 Å². The molecule has 0 bridgehead atoms. The molecule has 0 aliphatic rings. The van der Waals surface area contributed by atoms with Gasteiger partial charge in [0.15, 0.2) is 11.2 Å². The molecule has 0 atom stereocenters. The molecule has 0 aliphatic carbocycles. The van der Waals surface area contributed by atoms with Gasteiger partial charge in [0, 0.05) is 12.1 Å². The van der Waals surface area contributed by atoms with Crippen LogP contribution in [0, 0.1) is 5.82 Å². The Morgan fingerprint density at radius 3 is 2.85 bits per heavy atom. The summed E-state index contributed by atoms with van der Waals surface area (Å²) in [6, 6.07) is 6.33. The summed E-state index contributed by atoms with van der Waals surface area (Å²) in [6.45, 7) is 2.59. The molecule has 0 saturated carbocycles.